The third-order valence-corrected chi connectivity index (χ3v) is 4.96. The summed E-state index contributed by atoms with van der Waals surface area (Å²) in [5, 5.41) is 13.0. The van der Waals surface area contributed by atoms with E-state index in [2.05, 4.69) is 24.7 Å². The van der Waals surface area contributed by atoms with Crippen LogP contribution in [0.25, 0.3) is 0 Å². The zero-order valence-corrected chi connectivity index (χ0v) is 13.1. The van der Waals surface area contributed by atoms with Crippen molar-refractivity contribution < 1.29 is 9.84 Å². The van der Waals surface area contributed by atoms with Crippen molar-refractivity contribution in [1.82, 2.24) is 9.78 Å². The fourth-order valence-corrected chi connectivity index (χ4v) is 2.57. The summed E-state index contributed by atoms with van der Waals surface area (Å²) in [6.07, 6.45) is 4.62. The molecule has 0 unspecified atom stereocenters. The zero-order chi connectivity index (χ0) is 13.4. The molecule has 106 valence electrons. The van der Waals surface area contributed by atoms with Crippen LogP contribution in [-0.4, -0.2) is 36.2 Å². The van der Waals surface area contributed by atoms with Crippen molar-refractivity contribution in [3.05, 3.63) is 18.0 Å². The zero-order valence-electron chi connectivity index (χ0n) is 11.9. The first kappa shape index (κ1) is 15.4. The molecule has 1 aromatic rings. The molecule has 0 bridgehead atoms. The van der Waals surface area contributed by atoms with Crippen molar-refractivity contribution >= 4 is 8.07 Å². The molecule has 1 N–H and O–H groups in total. The van der Waals surface area contributed by atoms with Crippen LogP contribution in [0.4, 0.5) is 0 Å². The maximum absolute atomic E-state index is 8.77. The summed E-state index contributed by atoms with van der Waals surface area (Å²) < 4.78 is 7.62. The molecule has 0 aromatic carbocycles. The number of hydrogen-bond acceptors (Lipinski definition) is 3. The van der Waals surface area contributed by atoms with Crippen LogP contribution < -0.4 is 0 Å². The Morgan fingerprint density at radius 3 is 2.78 bits per heavy atom. The van der Waals surface area contributed by atoms with Gasteiger partial charge in [-0.25, -0.2) is 0 Å². The van der Waals surface area contributed by atoms with E-state index in [0.29, 0.717) is 6.73 Å². The quantitative estimate of drug-likeness (QED) is 0.553. The van der Waals surface area contributed by atoms with Gasteiger partial charge in [0.2, 0.25) is 0 Å². The van der Waals surface area contributed by atoms with Gasteiger partial charge < -0.3 is 0 Å². The summed E-state index contributed by atoms with van der Waals surface area (Å²) in [6.45, 7) is 8.79. The monoisotopic (exact) mass is 271 g/mol. The second kappa shape index (κ2) is 7.71. The Bertz CT molecular complexity index is 334. The Hall–Kier alpha value is -0.653. The van der Waals surface area contributed by atoms with Gasteiger partial charge in [0.1, 0.15) is 0 Å². The van der Waals surface area contributed by atoms with Crippen molar-refractivity contribution in [3.8, 4) is 0 Å². The molecule has 1 aromatic heterocycles. The number of unbranched alkanes of at least 4 members (excludes halogenated alkanes) is 1. The minimum atomic E-state index is -1.26. The van der Waals surface area contributed by atoms with E-state index in [0.717, 1.165) is 25.9 Å². The number of aliphatic hydroxyl groups excluding tert-OH is 1. The molecule has 1 heterocycles. The summed E-state index contributed by atoms with van der Waals surface area (Å²) in [5.74, 6) is 0. The van der Waals surface area contributed by atoms with Crippen LogP contribution in [0.15, 0.2) is 12.3 Å². The van der Waals surface area contributed by atoms with Gasteiger partial charge in [0, 0.05) is 0 Å². The van der Waals surface area contributed by atoms with Gasteiger partial charge in [0.15, 0.2) is 0 Å². The molecule has 0 aliphatic carbocycles. The van der Waals surface area contributed by atoms with Gasteiger partial charge in [-0.2, -0.15) is 0 Å². The number of aliphatic hydroxyl groups is 1. The van der Waals surface area contributed by atoms with E-state index >= 15 is 0 Å². The topological polar surface area (TPSA) is 47.3 Å². The first-order chi connectivity index (χ1) is 8.53. The third-order valence-electron chi connectivity index (χ3n) is 2.99. The van der Waals surface area contributed by atoms with E-state index in [-0.39, 0.29) is 6.61 Å². The summed E-state index contributed by atoms with van der Waals surface area (Å²) in [4.78, 5) is 0. The van der Waals surface area contributed by atoms with Gasteiger partial charge in [-0.3, -0.25) is 0 Å². The second-order valence-corrected chi connectivity index (χ2v) is 12.8. The molecular formula is C13H27N2O2Si-. The van der Waals surface area contributed by atoms with Crippen LogP contribution >= 0.6 is 0 Å². The molecule has 0 radical (unpaired) electrons. The molecule has 0 saturated heterocycles. The van der Waals surface area contributed by atoms with Crippen LogP contribution in [-0.2, 0) is 17.9 Å². The van der Waals surface area contributed by atoms with E-state index in [1.54, 1.807) is 0 Å². The SMILES string of the molecule is C[SiH-](C)(C)CCOCn1nccc1CCCCO. The molecule has 0 atom stereocenters. The van der Waals surface area contributed by atoms with Crippen LogP contribution in [0.1, 0.15) is 18.5 Å². The maximum atomic E-state index is 8.77. The average Bonchev–Trinajstić information content (AvgIpc) is 2.71. The number of nitrogens with zero attached hydrogens (tertiary/aromatic N) is 2. The molecule has 0 aliphatic rings. The first-order valence-corrected chi connectivity index (χ1v) is 11.3. The standard InChI is InChI=1S/C13H27N2O2Si/c1-18(2,3)11-10-17-12-15-13(7-8-14-15)6-4-5-9-16/h7-8,16,18H,4-6,9-12H2,1-3H3/q-1. The fourth-order valence-electron chi connectivity index (χ4n) is 1.69. The average molecular weight is 271 g/mol. The van der Waals surface area contributed by atoms with Gasteiger partial charge in [-0.15, -0.1) is 0 Å². The predicted molar refractivity (Wildman–Crippen MR) is 77.8 cm³/mol. The molecule has 1 rings (SSSR count). The van der Waals surface area contributed by atoms with Gasteiger partial charge in [0.25, 0.3) is 0 Å². The summed E-state index contributed by atoms with van der Waals surface area (Å²) in [6, 6.07) is 3.25. The minimum absolute atomic E-state index is 0.266. The van der Waals surface area contributed by atoms with Crippen LogP contribution in [0.2, 0.25) is 25.7 Å². The second-order valence-electron chi connectivity index (χ2n) is 6.29. The van der Waals surface area contributed by atoms with E-state index < -0.39 is 8.07 Å². The van der Waals surface area contributed by atoms with Crippen molar-refractivity contribution in [2.24, 2.45) is 0 Å². The molecule has 0 amide bonds. The Kier molecular flexibility index (Phi) is 6.60. The fraction of sp³-hybridized carbons (Fsp3) is 0.769. The Balaban J connectivity index is 2.27. The van der Waals surface area contributed by atoms with E-state index in [1.807, 2.05) is 16.9 Å². The van der Waals surface area contributed by atoms with E-state index in [9.17, 15) is 0 Å². The molecule has 0 fully saturated rings. The first-order valence-electron chi connectivity index (χ1n) is 7.01. The normalized spacial score (nSPS) is 12.9. The van der Waals surface area contributed by atoms with Crippen molar-refractivity contribution in [2.45, 2.75) is 51.7 Å². The van der Waals surface area contributed by atoms with Gasteiger partial charge in [-0.1, -0.05) is 0 Å². The summed E-state index contributed by atoms with van der Waals surface area (Å²) in [7, 11) is -1.26. The van der Waals surface area contributed by atoms with E-state index in [4.69, 9.17) is 9.84 Å². The molecule has 0 saturated carbocycles. The molecule has 0 aliphatic heterocycles. The van der Waals surface area contributed by atoms with Crippen LogP contribution in [0.3, 0.4) is 0 Å². The molecule has 18 heavy (non-hydrogen) atoms. The number of ether oxygens (including phenoxy) is 1. The van der Waals surface area contributed by atoms with Crippen molar-refractivity contribution in [1.29, 1.82) is 0 Å². The Morgan fingerprint density at radius 1 is 1.33 bits per heavy atom. The Morgan fingerprint density at radius 2 is 2.11 bits per heavy atom. The molecule has 0 spiro atoms. The van der Waals surface area contributed by atoms with Crippen LogP contribution in [0.5, 0.6) is 0 Å². The number of hydrogen-bond donors (Lipinski definition) is 1. The van der Waals surface area contributed by atoms with Gasteiger partial charge in [-0.05, 0) is 0 Å². The summed E-state index contributed by atoms with van der Waals surface area (Å²) in [5.41, 5.74) is 1.19. The number of rotatable bonds is 9. The van der Waals surface area contributed by atoms with Crippen LogP contribution in [0, 0.1) is 0 Å². The summed E-state index contributed by atoms with van der Waals surface area (Å²) >= 11 is 0. The number of aryl methyl sites for hydroxylation is 1. The van der Waals surface area contributed by atoms with Crippen molar-refractivity contribution in [3.63, 3.8) is 0 Å². The van der Waals surface area contributed by atoms with Gasteiger partial charge >= 0.3 is 111 Å². The molecule has 5 heteroatoms. The Labute approximate surface area is 111 Å². The number of aromatic nitrogens is 2. The molecular weight excluding hydrogens is 244 g/mol. The van der Waals surface area contributed by atoms with Gasteiger partial charge in [0.05, 0.1) is 0 Å². The molecule has 4 nitrogen and oxygen atoms in total. The van der Waals surface area contributed by atoms with E-state index in [1.165, 1.54) is 11.7 Å². The van der Waals surface area contributed by atoms with Crippen molar-refractivity contribution in [2.75, 3.05) is 13.2 Å². The third kappa shape index (κ3) is 6.33. The predicted octanol–water partition coefficient (Wildman–Crippen LogP) is 2.24.